The van der Waals surface area contributed by atoms with Crippen molar-refractivity contribution >= 4 is 5.91 Å². The Balaban J connectivity index is 1.81. The molecular formula is C13H24N2O. The number of nitrogens with zero attached hydrogens (tertiary/aromatic N) is 1. The highest BCUT2D eigenvalue weighted by Gasteiger charge is 2.29. The molecule has 1 N–H and O–H groups in total. The molecule has 92 valence electrons. The highest BCUT2D eigenvalue weighted by molar-refractivity contribution is 5.79. The van der Waals surface area contributed by atoms with Gasteiger partial charge in [0.2, 0.25) is 5.91 Å². The van der Waals surface area contributed by atoms with Crippen molar-refractivity contribution in [1.29, 1.82) is 0 Å². The number of hydrogen-bond donors (Lipinski definition) is 1. The zero-order valence-electron chi connectivity index (χ0n) is 10.4. The lowest BCUT2D eigenvalue weighted by Crippen LogP contribution is -2.48. The van der Waals surface area contributed by atoms with Gasteiger partial charge in [-0.25, -0.2) is 0 Å². The van der Waals surface area contributed by atoms with Gasteiger partial charge in [0.1, 0.15) is 0 Å². The molecule has 1 aliphatic carbocycles. The van der Waals surface area contributed by atoms with Gasteiger partial charge in [-0.1, -0.05) is 13.3 Å². The van der Waals surface area contributed by atoms with Crippen molar-refractivity contribution in [2.75, 3.05) is 26.2 Å². The predicted octanol–water partition coefficient (Wildman–Crippen LogP) is 1.63. The third kappa shape index (κ3) is 2.76. The van der Waals surface area contributed by atoms with Crippen LogP contribution < -0.4 is 5.32 Å². The Hall–Kier alpha value is -0.570. The Morgan fingerprint density at radius 2 is 1.81 bits per heavy atom. The number of hydrogen-bond acceptors (Lipinski definition) is 2. The first-order valence-electron chi connectivity index (χ1n) is 6.80. The summed E-state index contributed by atoms with van der Waals surface area (Å²) in [6.07, 6.45) is 6.06. The lowest BCUT2D eigenvalue weighted by Gasteiger charge is -2.34. The number of rotatable bonds is 2. The second-order valence-corrected chi connectivity index (χ2v) is 5.20. The largest absolute Gasteiger partial charge is 0.340 e. The van der Waals surface area contributed by atoms with Crippen molar-refractivity contribution in [3.63, 3.8) is 0 Å². The Kier molecular flexibility index (Phi) is 4.22. The Bertz CT molecular complexity index is 228. The van der Waals surface area contributed by atoms with E-state index in [2.05, 4.69) is 17.1 Å². The first-order chi connectivity index (χ1) is 7.81. The molecule has 1 amide bonds. The molecule has 3 nitrogen and oxygen atoms in total. The molecule has 0 unspecified atom stereocenters. The zero-order valence-corrected chi connectivity index (χ0v) is 10.4. The Morgan fingerprint density at radius 1 is 1.19 bits per heavy atom. The Morgan fingerprint density at radius 3 is 2.38 bits per heavy atom. The second-order valence-electron chi connectivity index (χ2n) is 5.20. The zero-order chi connectivity index (χ0) is 11.4. The van der Waals surface area contributed by atoms with Crippen molar-refractivity contribution in [2.24, 2.45) is 11.8 Å². The molecule has 2 fully saturated rings. The van der Waals surface area contributed by atoms with Crippen LogP contribution in [0.1, 0.15) is 39.0 Å². The quantitative estimate of drug-likeness (QED) is 0.773. The highest BCUT2D eigenvalue weighted by atomic mass is 16.2. The van der Waals surface area contributed by atoms with Gasteiger partial charge in [-0.2, -0.15) is 0 Å². The fourth-order valence-corrected chi connectivity index (χ4v) is 2.96. The number of piperazine rings is 1. The molecule has 0 aromatic heterocycles. The number of nitrogens with one attached hydrogen (secondary N) is 1. The molecule has 2 rings (SSSR count). The molecule has 0 aromatic rings. The average molecular weight is 224 g/mol. The molecule has 0 aromatic carbocycles. The van der Waals surface area contributed by atoms with E-state index in [1.165, 1.54) is 19.3 Å². The van der Waals surface area contributed by atoms with Crippen molar-refractivity contribution in [3.8, 4) is 0 Å². The van der Waals surface area contributed by atoms with Crippen LogP contribution in [0.4, 0.5) is 0 Å². The second kappa shape index (κ2) is 5.67. The molecule has 1 saturated heterocycles. The van der Waals surface area contributed by atoms with Gasteiger partial charge in [0.05, 0.1) is 0 Å². The van der Waals surface area contributed by atoms with Crippen molar-refractivity contribution in [3.05, 3.63) is 0 Å². The number of carbonyl (C=O) groups is 1. The van der Waals surface area contributed by atoms with Gasteiger partial charge < -0.3 is 10.2 Å². The normalized spacial score (nSPS) is 31.4. The monoisotopic (exact) mass is 224 g/mol. The summed E-state index contributed by atoms with van der Waals surface area (Å²) in [6.45, 7) is 6.02. The summed E-state index contributed by atoms with van der Waals surface area (Å²) < 4.78 is 0. The topological polar surface area (TPSA) is 32.3 Å². The summed E-state index contributed by atoms with van der Waals surface area (Å²) in [5, 5.41) is 3.29. The van der Waals surface area contributed by atoms with E-state index in [9.17, 15) is 4.79 Å². The number of carbonyl (C=O) groups excluding carboxylic acids is 1. The molecular weight excluding hydrogens is 200 g/mol. The van der Waals surface area contributed by atoms with Gasteiger partial charge in [-0.05, 0) is 31.6 Å². The van der Waals surface area contributed by atoms with Crippen LogP contribution in [0.15, 0.2) is 0 Å². The van der Waals surface area contributed by atoms with Gasteiger partial charge in [-0.15, -0.1) is 0 Å². The molecule has 0 radical (unpaired) electrons. The minimum absolute atomic E-state index is 0.334. The van der Waals surface area contributed by atoms with Crippen LogP contribution in [0.2, 0.25) is 0 Å². The number of amides is 1. The van der Waals surface area contributed by atoms with Crippen LogP contribution in [-0.4, -0.2) is 37.0 Å². The van der Waals surface area contributed by atoms with E-state index >= 15 is 0 Å². The summed E-state index contributed by atoms with van der Waals surface area (Å²) in [7, 11) is 0. The lowest BCUT2D eigenvalue weighted by molar-refractivity contribution is -0.137. The maximum Gasteiger partial charge on any atom is 0.225 e. The summed E-state index contributed by atoms with van der Waals surface area (Å²) >= 11 is 0. The molecule has 0 bridgehead atoms. The van der Waals surface area contributed by atoms with Crippen molar-refractivity contribution < 1.29 is 4.79 Å². The van der Waals surface area contributed by atoms with Crippen LogP contribution >= 0.6 is 0 Å². The lowest BCUT2D eigenvalue weighted by atomic mass is 9.80. The van der Waals surface area contributed by atoms with Crippen LogP contribution in [0.25, 0.3) is 0 Å². The van der Waals surface area contributed by atoms with E-state index in [1.807, 2.05) is 0 Å². The molecule has 3 heteroatoms. The maximum atomic E-state index is 12.2. The molecule has 0 spiro atoms. The third-order valence-corrected chi connectivity index (χ3v) is 4.20. The molecule has 2 aliphatic rings. The van der Waals surface area contributed by atoms with Gasteiger partial charge in [0.15, 0.2) is 0 Å². The molecule has 0 atom stereocenters. The van der Waals surface area contributed by atoms with E-state index in [1.54, 1.807) is 0 Å². The standard InChI is InChI=1S/C13H24N2O/c1-2-11-3-5-12(6-4-11)13(16)15-9-7-14-8-10-15/h11-12,14H,2-10H2,1H3. The van der Waals surface area contributed by atoms with E-state index in [4.69, 9.17) is 0 Å². The van der Waals surface area contributed by atoms with E-state index in [-0.39, 0.29) is 0 Å². The van der Waals surface area contributed by atoms with Crippen LogP contribution in [0.5, 0.6) is 0 Å². The van der Waals surface area contributed by atoms with Gasteiger partial charge in [0.25, 0.3) is 0 Å². The third-order valence-electron chi connectivity index (χ3n) is 4.20. The van der Waals surface area contributed by atoms with E-state index in [0.29, 0.717) is 11.8 Å². The smallest absolute Gasteiger partial charge is 0.225 e. The minimum atomic E-state index is 0.334. The summed E-state index contributed by atoms with van der Waals surface area (Å²) in [4.78, 5) is 14.3. The van der Waals surface area contributed by atoms with Crippen molar-refractivity contribution in [1.82, 2.24) is 10.2 Å². The first-order valence-corrected chi connectivity index (χ1v) is 6.80. The molecule has 1 saturated carbocycles. The van der Waals surface area contributed by atoms with Crippen molar-refractivity contribution in [2.45, 2.75) is 39.0 Å². The SMILES string of the molecule is CCC1CCC(C(=O)N2CCNCC2)CC1. The van der Waals surface area contributed by atoms with E-state index < -0.39 is 0 Å². The average Bonchev–Trinajstić information content (AvgIpc) is 2.39. The van der Waals surface area contributed by atoms with Gasteiger partial charge in [0, 0.05) is 32.1 Å². The van der Waals surface area contributed by atoms with Crippen LogP contribution in [-0.2, 0) is 4.79 Å². The molecule has 1 aliphatic heterocycles. The molecule has 1 heterocycles. The summed E-state index contributed by atoms with van der Waals surface area (Å²) in [5.41, 5.74) is 0. The predicted molar refractivity (Wildman–Crippen MR) is 65.2 cm³/mol. The van der Waals surface area contributed by atoms with Crippen LogP contribution in [0.3, 0.4) is 0 Å². The first kappa shape index (κ1) is 11.9. The maximum absolute atomic E-state index is 12.2. The fourth-order valence-electron chi connectivity index (χ4n) is 2.96. The van der Waals surface area contributed by atoms with E-state index in [0.717, 1.165) is 44.9 Å². The van der Waals surface area contributed by atoms with Gasteiger partial charge >= 0.3 is 0 Å². The van der Waals surface area contributed by atoms with Gasteiger partial charge in [-0.3, -0.25) is 4.79 Å². The van der Waals surface area contributed by atoms with Crippen LogP contribution in [0, 0.1) is 11.8 Å². The molecule has 16 heavy (non-hydrogen) atoms. The highest BCUT2D eigenvalue weighted by Crippen LogP contribution is 2.31. The summed E-state index contributed by atoms with van der Waals surface area (Å²) in [6, 6.07) is 0. The Labute approximate surface area is 98.6 Å². The minimum Gasteiger partial charge on any atom is -0.340 e. The fraction of sp³-hybridized carbons (Fsp3) is 0.923. The summed E-state index contributed by atoms with van der Waals surface area (Å²) in [5.74, 6) is 1.64.